The van der Waals surface area contributed by atoms with Crippen LogP contribution in [-0.2, 0) is 12.8 Å². The minimum absolute atomic E-state index is 0.218. The lowest BCUT2D eigenvalue weighted by molar-refractivity contribution is 0.504. The third kappa shape index (κ3) is 6.51. The summed E-state index contributed by atoms with van der Waals surface area (Å²) in [6.07, 6.45) is 13.8. The Hall–Kier alpha value is -2.92. The van der Waals surface area contributed by atoms with E-state index in [1.54, 1.807) is 12.3 Å². The van der Waals surface area contributed by atoms with Crippen molar-refractivity contribution in [1.82, 2.24) is 10.3 Å². The van der Waals surface area contributed by atoms with Crippen molar-refractivity contribution in [2.45, 2.75) is 78.7 Å². The molecule has 3 unspecified atom stereocenters. The van der Waals surface area contributed by atoms with E-state index in [0.29, 0.717) is 35.6 Å². The van der Waals surface area contributed by atoms with Crippen molar-refractivity contribution in [3.63, 3.8) is 0 Å². The molecule has 0 bridgehead atoms. The quantitative estimate of drug-likeness (QED) is 0.295. The Morgan fingerprint density at radius 1 is 1.14 bits per heavy atom. The highest BCUT2D eigenvalue weighted by Gasteiger charge is 2.48. The van der Waals surface area contributed by atoms with Crippen LogP contribution in [0.2, 0.25) is 0 Å². The van der Waals surface area contributed by atoms with E-state index >= 15 is 0 Å². The molecule has 5 heteroatoms. The number of pyridine rings is 1. The molecule has 0 spiro atoms. The molecule has 2 aliphatic rings. The van der Waals surface area contributed by atoms with Crippen LogP contribution in [0.5, 0.6) is 0 Å². The summed E-state index contributed by atoms with van der Waals surface area (Å²) < 4.78 is 14.6. The number of hydrogen-bond donors (Lipinski definition) is 3. The zero-order chi connectivity index (χ0) is 26.9. The molecule has 1 aromatic heterocycles. The van der Waals surface area contributed by atoms with E-state index in [1.165, 1.54) is 37.3 Å². The maximum Gasteiger partial charge on any atom is 0.128 e. The van der Waals surface area contributed by atoms with Crippen LogP contribution in [0.15, 0.2) is 66.2 Å². The van der Waals surface area contributed by atoms with Crippen molar-refractivity contribution in [3.05, 3.63) is 88.7 Å². The summed E-state index contributed by atoms with van der Waals surface area (Å²) in [4.78, 5) is 4.28. The van der Waals surface area contributed by atoms with Crippen molar-refractivity contribution in [3.8, 4) is 0 Å². The van der Waals surface area contributed by atoms with Gasteiger partial charge in [0.05, 0.1) is 11.4 Å². The molecule has 4 nitrogen and oxygen atoms in total. The van der Waals surface area contributed by atoms with Crippen molar-refractivity contribution in [2.24, 2.45) is 17.6 Å². The Bertz CT molecular complexity index is 1130. The molecule has 3 atom stereocenters. The van der Waals surface area contributed by atoms with Crippen LogP contribution in [0.1, 0.15) is 76.5 Å². The highest BCUT2D eigenvalue weighted by atomic mass is 19.1. The molecule has 4 rings (SSSR count). The molecule has 0 aliphatic heterocycles. The van der Waals surface area contributed by atoms with E-state index in [1.807, 2.05) is 38.4 Å². The predicted octanol–water partition coefficient (Wildman–Crippen LogP) is 7.39. The summed E-state index contributed by atoms with van der Waals surface area (Å²) in [5, 5.41) is 6.96. The first-order valence-corrected chi connectivity index (χ1v) is 13.9. The molecule has 1 aromatic carbocycles. The predicted molar refractivity (Wildman–Crippen MR) is 156 cm³/mol. The van der Waals surface area contributed by atoms with E-state index in [9.17, 15) is 4.39 Å². The Morgan fingerprint density at radius 2 is 1.84 bits per heavy atom. The van der Waals surface area contributed by atoms with Gasteiger partial charge in [0.25, 0.3) is 0 Å². The highest BCUT2D eigenvalue weighted by molar-refractivity contribution is 5.78. The van der Waals surface area contributed by atoms with Crippen LogP contribution in [0.3, 0.4) is 0 Å². The van der Waals surface area contributed by atoms with Gasteiger partial charge in [0.1, 0.15) is 5.82 Å². The summed E-state index contributed by atoms with van der Waals surface area (Å²) in [7, 11) is 2.01. The minimum Gasteiger partial charge on any atom is -0.397 e. The van der Waals surface area contributed by atoms with Crippen LogP contribution in [-0.4, -0.2) is 18.1 Å². The molecule has 1 heterocycles. The van der Waals surface area contributed by atoms with E-state index in [-0.39, 0.29) is 5.82 Å². The van der Waals surface area contributed by atoms with Gasteiger partial charge in [0.2, 0.25) is 0 Å². The summed E-state index contributed by atoms with van der Waals surface area (Å²) >= 11 is 0. The van der Waals surface area contributed by atoms with E-state index in [0.717, 1.165) is 40.9 Å². The average molecular weight is 505 g/mol. The zero-order valence-electron chi connectivity index (χ0n) is 23.3. The van der Waals surface area contributed by atoms with Crippen molar-refractivity contribution >= 4 is 11.4 Å². The molecule has 2 saturated carbocycles. The Morgan fingerprint density at radius 3 is 2.35 bits per heavy atom. The number of aromatic nitrogens is 1. The topological polar surface area (TPSA) is 63.0 Å². The van der Waals surface area contributed by atoms with Gasteiger partial charge in [-0.3, -0.25) is 4.98 Å². The van der Waals surface area contributed by atoms with Gasteiger partial charge in [-0.15, -0.1) is 0 Å². The fourth-order valence-corrected chi connectivity index (χ4v) is 5.24. The monoisotopic (exact) mass is 504 g/mol. The molecule has 2 aromatic rings. The fourth-order valence-electron chi connectivity index (χ4n) is 5.24. The smallest absolute Gasteiger partial charge is 0.128 e. The minimum atomic E-state index is -0.218. The number of anilines is 1. The first-order valence-electron chi connectivity index (χ1n) is 13.9. The maximum absolute atomic E-state index is 14.6. The number of aryl methyl sites for hydroxylation is 1. The summed E-state index contributed by atoms with van der Waals surface area (Å²) in [6.45, 7) is 12.7. The molecular weight excluding hydrogens is 459 g/mol. The second kappa shape index (κ2) is 13.6. The van der Waals surface area contributed by atoms with E-state index in [2.05, 4.69) is 43.0 Å². The second-order valence-electron chi connectivity index (χ2n) is 10.0. The zero-order valence-corrected chi connectivity index (χ0v) is 23.3. The van der Waals surface area contributed by atoms with Crippen LogP contribution in [0.4, 0.5) is 10.1 Å². The number of nitrogens with one attached hydrogen (secondary N) is 2. The summed E-state index contributed by atoms with van der Waals surface area (Å²) in [5.41, 5.74) is 14.0. The number of nitrogens with two attached hydrogens (primary N) is 1. The van der Waals surface area contributed by atoms with Gasteiger partial charge in [0, 0.05) is 41.2 Å². The Kier molecular flexibility index (Phi) is 10.5. The molecule has 0 amide bonds. The third-order valence-electron chi connectivity index (χ3n) is 7.89. The lowest BCUT2D eigenvalue weighted by Crippen LogP contribution is -2.16. The number of nitrogens with zero attached hydrogens (tertiary/aromatic N) is 1. The van der Waals surface area contributed by atoms with Crippen molar-refractivity contribution in [1.29, 1.82) is 0 Å². The van der Waals surface area contributed by atoms with Crippen LogP contribution >= 0.6 is 0 Å². The van der Waals surface area contributed by atoms with Gasteiger partial charge in [-0.1, -0.05) is 77.7 Å². The molecule has 2 fully saturated rings. The lowest BCUT2D eigenvalue weighted by atomic mass is 9.93. The SMILES string of the molecule is C1CCC1.C=CC(/C(Nc1cccc(F)c1CC)=C(\N)c1ccncc1CC)=C(/CC)C1C(C)C1NC. The first kappa shape index (κ1) is 28.6. The standard InChI is InChI=1S/C28H37FN4.C4H8/c1-7-18-16-32-15-14-22(18)26(30)28(33-24-13-11-12-23(29)21(24)10-4)20(9-3)19(8-2)25-17(5)27(25)31-6;1-2-4-3-1/h9,11-17,25,27,31,33H,3,7-8,10,30H2,1-2,4-6H3;1-4H2/b20-19+,28-26+;. The molecular formula is C32H45FN4. The average Bonchev–Trinajstić information content (AvgIpc) is 3.53. The molecule has 200 valence electrons. The number of rotatable bonds is 10. The van der Waals surface area contributed by atoms with Gasteiger partial charge >= 0.3 is 0 Å². The number of allylic oxidation sites excluding steroid dienone is 1. The largest absolute Gasteiger partial charge is 0.397 e. The molecule has 2 aliphatic carbocycles. The van der Waals surface area contributed by atoms with Gasteiger partial charge in [0.15, 0.2) is 0 Å². The van der Waals surface area contributed by atoms with Crippen LogP contribution in [0.25, 0.3) is 5.70 Å². The normalized spacial score (nSPS) is 21.5. The van der Waals surface area contributed by atoms with Crippen molar-refractivity contribution < 1.29 is 4.39 Å². The molecule has 4 N–H and O–H groups in total. The van der Waals surface area contributed by atoms with Gasteiger partial charge in [-0.25, -0.2) is 4.39 Å². The Labute approximate surface area is 223 Å². The third-order valence-corrected chi connectivity index (χ3v) is 7.89. The molecule has 0 saturated heterocycles. The van der Waals surface area contributed by atoms with Crippen LogP contribution in [0, 0.1) is 17.7 Å². The summed E-state index contributed by atoms with van der Waals surface area (Å²) in [6, 6.07) is 7.52. The van der Waals surface area contributed by atoms with Crippen LogP contribution < -0.4 is 16.4 Å². The van der Waals surface area contributed by atoms with Gasteiger partial charge < -0.3 is 16.4 Å². The summed E-state index contributed by atoms with van der Waals surface area (Å²) in [5.74, 6) is 0.734. The highest BCUT2D eigenvalue weighted by Crippen LogP contribution is 2.47. The maximum atomic E-state index is 14.6. The van der Waals surface area contributed by atoms with E-state index in [4.69, 9.17) is 5.73 Å². The molecule has 0 radical (unpaired) electrons. The number of halogens is 1. The van der Waals surface area contributed by atoms with E-state index < -0.39 is 0 Å². The lowest BCUT2D eigenvalue weighted by Gasteiger charge is -2.22. The molecule has 37 heavy (non-hydrogen) atoms. The van der Waals surface area contributed by atoms with Gasteiger partial charge in [-0.2, -0.15) is 0 Å². The number of hydrogen-bond acceptors (Lipinski definition) is 4. The fraction of sp³-hybridized carbons (Fsp3) is 0.469. The van der Waals surface area contributed by atoms with Gasteiger partial charge in [-0.05, 0) is 61.6 Å². The second-order valence-corrected chi connectivity index (χ2v) is 10.0. The van der Waals surface area contributed by atoms with Crippen molar-refractivity contribution in [2.75, 3.05) is 12.4 Å². The number of benzene rings is 1. The Balaban J connectivity index is 0.000000865. The first-order chi connectivity index (χ1) is 17.9.